The van der Waals surface area contributed by atoms with Gasteiger partial charge in [-0.2, -0.15) is 0 Å². The van der Waals surface area contributed by atoms with Gasteiger partial charge in [-0.3, -0.25) is 0 Å². The van der Waals surface area contributed by atoms with Gasteiger partial charge in [-0.1, -0.05) is 6.92 Å². The third-order valence-corrected chi connectivity index (χ3v) is 4.61. The molecule has 0 saturated carbocycles. The summed E-state index contributed by atoms with van der Waals surface area (Å²) in [6.07, 6.45) is 1.31. The van der Waals surface area contributed by atoms with Gasteiger partial charge in [0.25, 0.3) is 0 Å². The van der Waals surface area contributed by atoms with Gasteiger partial charge < -0.3 is 16.2 Å². The number of hydrogen-bond acceptors (Lipinski definition) is 5. The number of primary sulfonamides is 1. The average molecular weight is 301 g/mol. The minimum atomic E-state index is -3.82. The third kappa shape index (κ3) is 3.84. The summed E-state index contributed by atoms with van der Waals surface area (Å²) < 4.78 is 23.1. The summed E-state index contributed by atoms with van der Waals surface area (Å²) in [7, 11) is -3.82. The van der Waals surface area contributed by atoms with E-state index in [2.05, 4.69) is 5.32 Å². The fourth-order valence-electron chi connectivity index (χ4n) is 2.03. The predicted octanol–water partition coefficient (Wildman–Crippen LogP) is 1.19. The van der Waals surface area contributed by atoms with Crippen LogP contribution < -0.4 is 16.2 Å². The van der Waals surface area contributed by atoms with Crippen LogP contribution in [0, 0.1) is 6.92 Å². The molecule has 1 aromatic rings. The summed E-state index contributed by atoms with van der Waals surface area (Å²) in [5.74, 6) is 0. The maximum absolute atomic E-state index is 11.6. The lowest BCUT2D eigenvalue weighted by Gasteiger charge is -2.31. The van der Waals surface area contributed by atoms with E-state index in [1.54, 1.807) is 13.0 Å². The Morgan fingerprint density at radius 2 is 2.00 bits per heavy atom. The molecule has 0 amide bonds. The van der Waals surface area contributed by atoms with E-state index in [0.29, 0.717) is 23.4 Å². The SMILES string of the molecule is CCC(C)(CCO)Nc1cc(N)cc(S(N)(=O)=O)c1C. The number of nitrogen functional groups attached to an aromatic ring is 1. The highest BCUT2D eigenvalue weighted by atomic mass is 32.2. The normalized spacial score (nSPS) is 14.8. The van der Waals surface area contributed by atoms with E-state index in [-0.39, 0.29) is 17.0 Å². The zero-order chi connectivity index (χ0) is 15.6. The number of benzene rings is 1. The van der Waals surface area contributed by atoms with E-state index >= 15 is 0 Å². The molecular formula is C13H23N3O3S. The molecule has 0 heterocycles. The molecule has 7 heteroatoms. The van der Waals surface area contributed by atoms with Gasteiger partial charge in [-0.25, -0.2) is 13.6 Å². The Hall–Kier alpha value is -1.31. The van der Waals surface area contributed by atoms with Crippen LogP contribution in [0.4, 0.5) is 11.4 Å². The third-order valence-electron chi connectivity index (χ3n) is 3.57. The second-order valence-corrected chi connectivity index (χ2v) is 6.78. The highest BCUT2D eigenvalue weighted by Crippen LogP contribution is 2.30. The first kappa shape index (κ1) is 16.7. The molecule has 0 aliphatic rings. The minimum Gasteiger partial charge on any atom is -0.399 e. The first-order valence-electron chi connectivity index (χ1n) is 6.45. The summed E-state index contributed by atoms with van der Waals surface area (Å²) in [6.45, 7) is 5.67. The van der Waals surface area contributed by atoms with Gasteiger partial charge in [0.2, 0.25) is 10.0 Å². The lowest BCUT2D eigenvalue weighted by Crippen LogP contribution is -2.35. The zero-order valence-corrected chi connectivity index (χ0v) is 12.9. The molecule has 1 unspecified atom stereocenters. The number of anilines is 2. The van der Waals surface area contributed by atoms with Crippen LogP contribution in [-0.2, 0) is 10.0 Å². The number of sulfonamides is 1. The Morgan fingerprint density at radius 3 is 2.45 bits per heavy atom. The first-order valence-corrected chi connectivity index (χ1v) is 7.99. The molecule has 0 bridgehead atoms. The smallest absolute Gasteiger partial charge is 0.238 e. The Labute approximate surface area is 120 Å². The van der Waals surface area contributed by atoms with Gasteiger partial charge in [0, 0.05) is 23.5 Å². The van der Waals surface area contributed by atoms with Crippen molar-refractivity contribution >= 4 is 21.4 Å². The molecule has 6 N–H and O–H groups in total. The van der Waals surface area contributed by atoms with Crippen LogP contribution in [0.5, 0.6) is 0 Å². The lowest BCUT2D eigenvalue weighted by atomic mass is 9.94. The number of aliphatic hydroxyl groups is 1. The average Bonchev–Trinajstić information content (AvgIpc) is 2.32. The number of nitrogens with one attached hydrogen (secondary N) is 1. The van der Waals surface area contributed by atoms with Crippen molar-refractivity contribution in [2.75, 3.05) is 17.7 Å². The van der Waals surface area contributed by atoms with E-state index in [4.69, 9.17) is 16.0 Å². The number of nitrogens with two attached hydrogens (primary N) is 2. The van der Waals surface area contributed by atoms with E-state index in [9.17, 15) is 8.42 Å². The van der Waals surface area contributed by atoms with Crippen LogP contribution in [0.1, 0.15) is 32.3 Å². The summed E-state index contributed by atoms with van der Waals surface area (Å²) in [5.41, 5.74) is 6.87. The molecule has 6 nitrogen and oxygen atoms in total. The van der Waals surface area contributed by atoms with Crippen LogP contribution in [0.2, 0.25) is 0 Å². The van der Waals surface area contributed by atoms with Gasteiger partial charge in [-0.15, -0.1) is 0 Å². The molecule has 0 aliphatic carbocycles. The number of rotatable bonds is 6. The molecule has 1 rings (SSSR count). The van der Waals surface area contributed by atoms with Crippen molar-refractivity contribution in [3.05, 3.63) is 17.7 Å². The second kappa shape index (κ2) is 5.99. The van der Waals surface area contributed by atoms with Crippen molar-refractivity contribution < 1.29 is 13.5 Å². The van der Waals surface area contributed by atoms with Gasteiger partial charge in [0.15, 0.2) is 0 Å². The molecule has 0 saturated heterocycles. The maximum Gasteiger partial charge on any atom is 0.238 e. The molecule has 0 aliphatic heterocycles. The van der Waals surface area contributed by atoms with Crippen molar-refractivity contribution in [3.8, 4) is 0 Å². The Balaban J connectivity index is 3.30. The van der Waals surface area contributed by atoms with Crippen molar-refractivity contribution in [2.45, 2.75) is 44.0 Å². The molecular weight excluding hydrogens is 278 g/mol. The van der Waals surface area contributed by atoms with Gasteiger partial charge >= 0.3 is 0 Å². The molecule has 0 aromatic heterocycles. The molecule has 0 spiro atoms. The largest absolute Gasteiger partial charge is 0.399 e. The van der Waals surface area contributed by atoms with Gasteiger partial charge in [0.1, 0.15) is 0 Å². The zero-order valence-electron chi connectivity index (χ0n) is 12.1. The van der Waals surface area contributed by atoms with Crippen LogP contribution in [0.25, 0.3) is 0 Å². The topological polar surface area (TPSA) is 118 Å². The molecule has 114 valence electrons. The van der Waals surface area contributed by atoms with Crippen molar-refractivity contribution in [2.24, 2.45) is 5.14 Å². The molecule has 1 aromatic carbocycles. The summed E-state index contributed by atoms with van der Waals surface area (Å²) in [6, 6.07) is 3.03. The minimum absolute atomic E-state index is 0.0162. The van der Waals surface area contributed by atoms with E-state index in [0.717, 1.165) is 6.42 Å². The van der Waals surface area contributed by atoms with Crippen molar-refractivity contribution in [1.29, 1.82) is 0 Å². The first-order chi connectivity index (χ1) is 9.13. The fraction of sp³-hybridized carbons (Fsp3) is 0.538. The van der Waals surface area contributed by atoms with E-state index < -0.39 is 10.0 Å². The van der Waals surface area contributed by atoms with Crippen LogP contribution in [0.3, 0.4) is 0 Å². The quantitative estimate of drug-likeness (QED) is 0.588. The lowest BCUT2D eigenvalue weighted by molar-refractivity contribution is 0.252. The number of hydrogen-bond donors (Lipinski definition) is 4. The second-order valence-electron chi connectivity index (χ2n) is 5.25. The van der Waals surface area contributed by atoms with E-state index in [1.165, 1.54) is 6.07 Å². The predicted molar refractivity (Wildman–Crippen MR) is 81.0 cm³/mol. The molecule has 1 atom stereocenters. The Bertz CT molecular complexity index is 587. The molecule has 0 fully saturated rings. The standard InChI is InChI=1S/C13H23N3O3S/c1-4-13(3,5-6-17)16-11-7-10(14)8-12(9(11)2)20(15,18)19/h7-8,16-17H,4-6,14H2,1-3H3,(H2,15,18,19). The summed E-state index contributed by atoms with van der Waals surface area (Å²) in [5, 5.41) is 17.6. The maximum atomic E-state index is 11.6. The van der Waals surface area contributed by atoms with Gasteiger partial charge in [0.05, 0.1) is 4.90 Å². The van der Waals surface area contributed by atoms with Crippen molar-refractivity contribution in [3.63, 3.8) is 0 Å². The summed E-state index contributed by atoms with van der Waals surface area (Å²) >= 11 is 0. The Morgan fingerprint density at radius 1 is 1.40 bits per heavy atom. The fourth-order valence-corrected chi connectivity index (χ4v) is 2.87. The highest BCUT2D eigenvalue weighted by Gasteiger charge is 2.24. The highest BCUT2D eigenvalue weighted by molar-refractivity contribution is 7.89. The number of aliphatic hydroxyl groups excluding tert-OH is 1. The molecule has 20 heavy (non-hydrogen) atoms. The Kier molecular flexibility index (Phi) is 5.01. The van der Waals surface area contributed by atoms with E-state index in [1.807, 2.05) is 13.8 Å². The summed E-state index contributed by atoms with van der Waals surface area (Å²) in [4.78, 5) is 0.0162. The van der Waals surface area contributed by atoms with Crippen LogP contribution >= 0.6 is 0 Å². The van der Waals surface area contributed by atoms with Crippen LogP contribution in [0.15, 0.2) is 17.0 Å². The van der Waals surface area contributed by atoms with Crippen molar-refractivity contribution in [1.82, 2.24) is 0 Å². The van der Waals surface area contributed by atoms with Crippen LogP contribution in [-0.4, -0.2) is 25.7 Å². The monoisotopic (exact) mass is 301 g/mol. The van der Waals surface area contributed by atoms with Gasteiger partial charge in [-0.05, 0) is 44.4 Å². The molecule has 0 radical (unpaired) electrons.